The molecule has 7 rings (SSSR count). The van der Waals surface area contributed by atoms with Crippen molar-refractivity contribution < 1.29 is 29.0 Å². The maximum atomic E-state index is 15.0. The van der Waals surface area contributed by atoms with Crippen LogP contribution in [0.15, 0.2) is 97.1 Å². The Hall–Kier alpha value is -4.27. The van der Waals surface area contributed by atoms with Gasteiger partial charge in [0.2, 0.25) is 5.91 Å². The van der Waals surface area contributed by atoms with Crippen LogP contribution in [0.25, 0.3) is 10.8 Å². The monoisotopic (exact) mass is 606 g/mol. The first-order valence-electron chi connectivity index (χ1n) is 15.9. The SMILES string of the molecule is CC[C@@]12/C=C\CCCOC(=O)[C@@H]1[C@H]1C(=O)N([C@@H](CO)Cc3ccccc3)C3C(=O)N(c4ccc5ccccc5c4)CC=C[C@@]31O2. The molecule has 1 spiro atoms. The summed E-state index contributed by atoms with van der Waals surface area (Å²) in [5.74, 6) is -3.12. The van der Waals surface area contributed by atoms with Gasteiger partial charge in [-0.15, -0.1) is 0 Å². The Morgan fingerprint density at radius 1 is 0.911 bits per heavy atom. The minimum atomic E-state index is -1.44. The first-order valence-corrected chi connectivity index (χ1v) is 15.9. The van der Waals surface area contributed by atoms with Crippen LogP contribution < -0.4 is 4.90 Å². The fourth-order valence-corrected chi connectivity index (χ4v) is 7.92. The van der Waals surface area contributed by atoms with Crippen LogP contribution in [0.1, 0.15) is 31.7 Å². The number of carbonyl (C=O) groups excluding carboxylic acids is 3. The van der Waals surface area contributed by atoms with Crippen molar-refractivity contribution in [3.05, 3.63) is 103 Å². The molecule has 0 aromatic heterocycles. The van der Waals surface area contributed by atoms with E-state index in [1.165, 1.54) is 4.90 Å². The lowest BCUT2D eigenvalue weighted by Crippen LogP contribution is -2.59. The van der Waals surface area contributed by atoms with Crippen molar-refractivity contribution in [2.24, 2.45) is 11.8 Å². The number of aliphatic hydroxyl groups excluding tert-OH is 1. The molecule has 232 valence electrons. The summed E-state index contributed by atoms with van der Waals surface area (Å²) < 4.78 is 12.8. The van der Waals surface area contributed by atoms with Gasteiger partial charge in [-0.25, -0.2) is 0 Å². The van der Waals surface area contributed by atoms with Crippen LogP contribution in [0, 0.1) is 11.8 Å². The molecular formula is C37H38N2O6. The van der Waals surface area contributed by atoms with Crippen molar-refractivity contribution in [1.82, 2.24) is 4.90 Å². The van der Waals surface area contributed by atoms with E-state index in [0.29, 0.717) is 31.4 Å². The van der Waals surface area contributed by atoms with Crippen molar-refractivity contribution in [3.63, 3.8) is 0 Å². The summed E-state index contributed by atoms with van der Waals surface area (Å²) in [7, 11) is 0. The zero-order valence-electron chi connectivity index (χ0n) is 25.4. The Balaban J connectivity index is 1.38. The number of carbonyl (C=O) groups is 3. The Bertz CT molecular complexity index is 1690. The Labute approximate surface area is 262 Å². The van der Waals surface area contributed by atoms with Crippen LogP contribution in [-0.4, -0.2) is 70.8 Å². The van der Waals surface area contributed by atoms with Crippen molar-refractivity contribution in [2.75, 3.05) is 24.7 Å². The van der Waals surface area contributed by atoms with E-state index in [4.69, 9.17) is 9.47 Å². The molecule has 2 fully saturated rings. The largest absolute Gasteiger partial charge is 0.465 e. The molecule has 1 unspecified atom stereocenters. The van der Waals surface area contributed by atoms with E-state index < -0.39 is 41.1 Å². The average Bonchev–Trinajstić information content (AvgIpc) is 3.45. The summed E-state index contributed by atoms with van der Waals surface area (Å²) in [5.41, 5.74) is -0.937. The van der Waals surface area contributed by atoms with E-state index in [2.05, 4.69) is 0 Å². The Morgan fingerprint density at radius 2 is 1.69 bits per heavy atom. The standard InChI is InChI=1S/C37H38N2O6/c1-2-36-18-9-4-10-21-44-35(43)31(36)30-33(41)39(29(24-40)22-25-12-5-3-6-13-25)32-34(42)38(20-11-19-37(30,32)45-36)28-17-16-26-14-7-8-15-27(26)23-28/h3,5-9,11-19,23,29-32,40H,2,4,10,20-22,24H2,1H3/b18-9-/t29-,30+,31+,32?,36-,37+/m1/s1. The number of hydrogen-bond donors (Lipinski definition) is 1. The second kappa shape index (κ2) is 11.6. The Kier molecular flexibility index (Phi) is 7.58. The Morgan fingerprint density at radius 3 is 2.47 bits per heavy atom. The first-order chi connectivity index (χ1) is 21.9. The molecule has 0 radical (unpaired) electrons. The number of anilines is 1. The number of rotatable bonds is 6. The fourth-order valence-electron chi connectivity index (χ4n) is 7.92. The highest BCUT2D eigenvalue weighted by atomic mass is 16.6. The van der Waals surface area contributed by atoms with Gasteiger partial charge in [-0.1, -0.05) is 91.9 Å². The van der Waals surface area contributed by atoms with Crippen molar-refractivity contribution in [1.29, 1.82) is 0 Å². The van der Waals surface area contributed by atoms with E-state index >= 15 is 0 Å². The zero-order valence-corrected chi connectivity index (χ0v) is 25.4. The van der Waals surface area contributed by atoms with Crippen LogP contribution in [0.2, 0.25) is 0 Å². The predicted octanol–water partition coefficient (Wildman–Crippen LogP) is 4.60. The maximum Gasteiger partial charge on any atom is 0.313 e. The molecule has 4 heterocycles. The van der Waals surface area contributed by atoms with Gasteiger partial charge in [-0.3, -0.25) is 14.4 Å². The fraction of sp³-hybridized carbons (Fsp3) is 0.378. The quantitative estimate of drug-likeness (QED) is 0.326. The van der Waals surface area contributed by atoms with Crippen LogP contribution in [-0.2, 0) is 30.3 Å². The van der Waals surface area contributed by atoms with Crippen molar-refractivity contribution in [3.8, 4) is 0 Å². The summed E-state index contributed by atoms with van der Waals surface area (Å²) in [5, 5.41) is 12.8. The molecule has 0 aliphatic carbocycles. The van der Waals surface area contributed by atoms with Crippen LogP contribution in [0.4, 0.5) is 5.69 Å². The van der Waals surface area contributed by atoms with Gasteiger partial charge in [-0.05, 0) is 54.2 Å². The highest BCUT2D eigenvalue weighted by molar-refractivity contribution is 6.06. The highest BCUT2D eigenvalue weighted by Gasteiger charge is 2.76. The molecule has 0 saturated carbocycles. The van der Waals surface area contributed by atoms with Crippen LogP contribution in [0.3, 0.4) is 0 Å². The first kappa shape index (κ1) is 29.4. The van der Waals surface area contributed by atoms with Gasteiger partial charge < -0.3 is 24.4 Å². The van der Waals surface area contributed by atoms with Gasteiger partial charge in [0.25, 0.3) is 5.91 Å². The van der Waals surface area contributed by atoms with Crippen LogP contribution in [0.5, 0.6) is 0 Å². The summed E-state index contributed by atoms with van der Waals surface area (Å²) in [6.07, 6.45) is 9.79. The number of nitrogens with zero attached hydrogens (tertiary/aromatic N) is 2. The lowest BCUT2D eigenvalue weighted by Gasteiger charge is -2.41. The molecule has 2 amide bonds. The highest BCUT2D eigenvalue weighted by Crippen LogP contribution is 2.58. The van der Waals surface area contributed by atoms with Gasteiger partial charge in [0.05, 0.1) is 25.2 Å². The molecule has 3 aromatic rings. The third-order valence-corrected chi connectivity index (χ3v) is 10.0. The summed E-state index contributed by atoms with van der Waals surface area (Å²) in [6.45, 7) is 2.09. The predicted molar refractivity (Wildman–Crippen MR) is 170 cm³/mol. The summed E-state index contributed by atoms with van der Waals surface area (Å²) in [4.78, 5) is 46.9. The average molecular weight is 607 g/mol. The molecule has 45 heavy (non-hydrogen) atoms. The molecule has 0 bridgehead atoms. The second-order valence-electron chi connectivity index (χ2n) is 12.5. The van der Waals surface area contributed by atoms with E-state index in [0.717, 1.165) is 16.3 Å². The summed E-state index contributed by atoms with van der Waals surface area (Å²) >= 11 is 0. The minimum absolute atomic E-state index is 0.248. The van der Waals surface area contributed by atoms with Gasteiger partial charge in [0, 0.05) is 12.2 Å². The van der Waals surface area contributed by atoms with E-state index in [1.807, 2.05) is 104 Å². The van der Waals surface area contributed by atoms with Gasteiger partial charge >= 0.3 is 5.97 Å². The second-order valence-corrected chi connectivity index (χ2v) is 12.5. The number of esters is 1. The van der Waals surface area contributed by atoms with E-state index in [1.54, 1.807) is 4.90 Å². The third-order valence-electron chi connectivity index (χ3n) is 10.0. The minimum Gasteiger partial charge on any atom is -0.465 e. The number of allylic oxidation sites excluding steroid dienone is 1. The van der Waals surface area contributed by atoms with Crippen molar-refractivity contribution in [2.45, 2.75) is 55.9 Å². The molecule has 6 atom stereocenters. The number of aliphatic hydroxyl groups is 1. The van der Waals surface area contributed by atoms with E-state index in [9.17, 15) is 19.5 Å². The van der Waals surface area contributed by atoms with Crippen LogP contribution >= 0.6 is 0 Å². The smallest absolute Gasteiger partial charge is 0.313 e. The van der Waals surface area contributed by atoms with Crippen molar-refractivity contribution >= 4 is 34.2 Å². The lowest BCUT2D eigenvalue weighted by atomic mass is 9.73. The molecule has 8 heteroatoms. The number of hydrogen-bond acceptors (Lipinski definition) is 6. The molecule has 4 aliphatic rings. The number of ether oxygens (including phenoxy) is 2. The number of likely N-dealkylation sites (tertiary alicyclic amines) is 1. The lowest BCUT2D eigenvalue weighted by molar-refractivity contribution is -0.161. The number of cyclic esters (lactones) is 1. The zero-order chi connectivity index (χ0) is 31.2. The number of amides is 2. The molecular weight excluding hydrogens is 568 g/mol. The number of benzene rings is 3. The summed E-state index contributed by atoms with van der Waals surface area (Å²) in [6, 6.07) is 21.6. The van der Waals surface area contributed by atoms with Gasteiger partial charge in [0.15, 0.2) is 0 Å². The normalized spacial score (nSPS) is 30.9. The maximum absolute atomic E-state index is 15.0. The molecule has 8 nitrogen and oxygen atoms in total. The topological polar surface area (TPSA) is 96.4 Å². The molecule has 2 saturated heterocycles. The number of fused-ring (bicyclic) bond motifs is 3. The van der Waals surface area contributed by atoms with Gasteiger partial charge in [0.1, 0.15) is 23.2 Å². The van der Waals surface area contributed by atoms with E-state index in [-0.39, 0.29) is 31.6 Å². The molecule has 3 aromatic carbocycles. The third kappa shape index (κ3) is 4.70. The molecule has 1 N–H and O–H groups in total. The molecule has 4 aliphatic heterocycles. The van der Waals surface area contributed by atoms with Gasteiger partial charge in [-0.2, -0.15) is 0 Å².